The molecule has 47 heavy (non-hydrogen) atoms. The van der Waals surface area contributed by atoms with E-state index in [4.69, 9.17) is 10.2 Å². The van der Waals surface area contributed by atoms with Gasteiger partial charge in [-0.25, -0.2) is 9.37 Å². The minimum atomic E-state index is -2.71. The Morgan fingerprint density at radius 2 is 1.79 bits per heavy atom. The number of hydrogen-bond donors (Lipinski definition) is 5. The Morgan fingerprint density at radius 1 is 1.11 bits per heavy atom. The van der Waals surface area contributed by atoms with Crippen molar-refractivity contribution in [2.75, 3.05) is 33.1 Å². The molecule has 3 aromatic rings. The molecule has 246 valence electrons. The average Bonchev–Trinajstić information content (AvgIpc) is 3.47. The summed E-state index contributed by atoms with van der Waals surface area (Å²) in [4.78, 5) is 47.5. The third-order valence-corrected chi connectivity index (χ3v) is 9.56. The summed E-state index contributed by atoms with van der Waals surface area (Å²) in [5.41, 5.74) is 4.48. The van der Waals surface area contributed by atoms with Crippen molar-refractivity contribution in [3.8, 4) is 17.0 Å². The number of phenols is 1. The lowest BCUT2D eigenvalue weighted by Gasteiger charge is -2.50. The van der Waals surface area contributed by atoms with E-state index in [1.807, 2.05) is 4.90 Å². The van der Waals surface area contributed by atoms with E-state index in [2.05, 4.69) is 4.98 Å². The van der Waals surface area contributed by atoms with Gasteiger partial charge < -0.3 is 35.5 Å². The topological polar surface area (TPSA) is 191 Å². The number of primary amides is 1. The number of Topliss-reactive ketones (excluding diaryl/α,β-unsaturated/α-hetero) is 2. The molecule has 1 saturated carbocycles. The van der Waals surface area contributed by atoms with Crippen LogP contribution in [0.3, 0.4) is 0 Å². The number of nitrogens with zero attached hydrogens (tertiary/aromatic N) is 3. The van der Waals surface area contributed by atoms with E-state index in [9.17, 15) is 39.2 Å². The third kappa shape index (κ3) is 4.88. The molecule has 1 amide bonds. The number of hydrogen-bond acceptors (Lipinski definition) is 11. The predicted octanol–water partition coefficient (Wildman–Crippen LogP) is 2.61. The maximum atomic E-state index is 14.2. The first kappa shape index (κ1) is 32.0. The second kappa shape index (κ2) is 11.4. The standard InChI is InChI=1S/C34H35FN4O8/c1-38(2)22-13-16(7-10-23-37-21(14-47-23)15-5-8-18(35)9-6-15)28(40)25-19(22)11-17-12-20-27(39(3)4)30(42)26(33(36)45)32(44)34(20,46)31(43)24(17)29(25)41/h5-6,8-9,13-14,17,20,27,40-41,44,46H,7,10-12H2,1-4H3,(H2,36,45)/t17-,20+,27?,34-/m1/s1. The van der Waals surface area contributed by atoms with Gasteiger partial charge in [0.1, 0.15) is 40.6 Å². The number of aromatic nitrogens is 1. The molecule has 0 spiro atoms. The fourth-order valence-corrected chi connectivity index (χ4v) is 7.36. The number of ketones is 2. The molecule has 6 N–H and O–H groups in total. The maximum absolute atomic E-state index is 14.2. The minimum Gasteiger partial charge on any atom is -0.508 e. The van der Waals surface area contributed by atoms with Gasteiger partial charge >= 0.3 is 0 Å². The molecule has 6 rings (SSSR count). The number of amides is 1. The van der Waals surface area contributed by atoms with Crippen LogP contribution in [0.25, 0.3) is 17.0 Å². The molecule has 12 nitrogen and oxygen atoms in total. The first-order valence-electron chi connectivity index (χ1n) is 15.1. The van der Waals surface area contributed by atoms with Crippen LogP contribution in [0.4, 0.5) is 10.1 Å². The molecule has 0 bridgehead atoms. The Kier molecular flexibility index (Phi) is 7.72. The molecular formula is C34H35FN4O8. The first-order chi connectivity index (χ1) is 22.2. The number of aliphatic hydroxyl groups is 3. The van der Waals surface area contributed by atoms with Gasteiger partial charge in [0.05, 0.1) is 11.6 Å². The summed E-state index contributed by atoms with van der Waals surface area (Å²) in [6, 6.07) is 6.44. The summed E-state index contributed by atoms with van der Waals surface area (Å²) in [7, 11) is 6.71. The zero-order valence-electron chi connectivity index (χ0n) is 26.2. The molecule has 3 aliphatic rings. The van der Waals surface area contributed by atoms with Crippen LogP contribution in [-0.2, 0) is 33.6 Å². The van der Waals surface area contributed by atoms with E-state index >= 15 is 0 Å². The number of aromatic hydroxyl groups is 1. The van der Waals surface area contributed by atoms with Crippen LogP contribution in [0.5, 0.6) is 5.75 Å². The molecule has 1 fully saturated rings. The highest BCUT2D eigenvalue weighted by molar-refractivity contribution is 6.24. The molecule has 4 atom stereocenters. The number of oxazole rings is 1. The lowest BCUT2D eigenvalue weighted by atomic mass is 9.57. The Bertz CT molecular complexity index is 1890. The number of aliphatic hydroxyl groups excluding tert-OH is 2. The number of carbonyl (C=O) groups is 3. The monoisotopic (exact) mass is 646 g/mol. The highest BCUT2D eigenvalue weighted by Gasteiger charge is 2.64. The molecule has 0 aliphatic heterocycles. The van der Waals surface area contributed by atoms with Crippen molar-refractivity contribution in [2.45, 2.75) is 37.3 Å². The molecule has 2 aromatic carbocycles. The number of rotatable bonds is 7. The number of carbonyl (C=O) groups excluding carboxylic acids is 3. The number of likely N-dealkylation sites (N-methyl/N-ethyl adjacent to an activating group) is 1. The predicted molar refractivity (Wildman–Crippen MR) is 168 cm³/mol. The molecule has 1 aromatic heterocycles. The second-order valence-corrected chi connectivity index (χ2v) is 12.7. The Labute approximate surface area is 269 Å². The van der Waals surface area contributed by atoms with Crippen LogP contribution >= 0.6 is 0 Å². The van der Waals surface area contributed by atoms with Gasteiger partial charge in [0.2, 0.25) is 5.78 Å². The van der Waals surface area contributed by atoms with Crippen LogP contribution in [0.1, 0.15) is 29.0 Å². The second-order valence-electron chi connectivity index (χ2n) is 12.7. The summed E-state index contributed by atoms with van der Waals surface area (Å²) < 4.78 is 19.0. The number of fused-ring (bicyclic) bond motifs is 3. The average molecular weight is 647 g/mol. The first-order valence-corrected chi connectivity index (χ1v) is 15.1. The SMILES string of the molecule is CN(C)c1cc(CCc2nc(-c3ccc(F)cc3)co2)c(O)c2c1C[C@@H]1C[C@H]3C(N(C)C)C(=O)C(C(N)=O)=C(O)[C@]3(O)C(=O)C1=C2O. The molecule has 1 unspecified atom stereocenters. The fourth-order valence-electron chi connectivity index (χ4n) is 7.36. The molecule has 3 aliphatic carbocycles. The van der Waals surface area contributed by atoms with Crippen LogP contribution in [0, 0.1) is 17.7 Å². The lowest BCUT2D eigenvalue weighted by Crippen LogP contribution is -2.65. The van der Waals surface area contributed by atoms with E-state index in [0.717, 1.165) is 0 Å². The van der Waals surface area contributed by atoms with Gasteiger partial charge in [0, 0.05) is 43.3 Å². The van der Waals surface area contributed by atoms with Crippen molar-refractivity contribution in [3.63, 3.8) is 0 Å². The van der Waals surface area contributed by atoms with Gasteiger partial charge in [-0.2, -0.15) is 0 Å². The normalized spacial score (nSPS) is 23.9. The van der Waals surface area contributed by atoms with Crippen molar-refractivity contribution in [2.24, 2.45) is 17.6 Å². The quantitative estimate of drug-likeness (QED) is 0.237. The molecule has 1 heterocycles. The summed E-state index contributed by atoms with van der Waals surface area (Å²) in [5, 5.41) is 46.2. The van der Waals surface area contributed by atoms with Gasteiger partial charge in [0.15, 0.2) is 17.3 Å². The van der Waals surface area contributed by atoms with E-state index in [-0.39, 0.29) is 48.4 Å². The van der Waals surface area contributed by atoms with Crippen molar-refractivity contribution >= 4 is 28.9 Å². The largest absolute Gasteiger partial charge is 0.508 e. The lowest BCUT2D eigenvalue weighted by molar-refractivity contribution is -0.153. The summed E-state index contributed by atoms with van der Waals surface area (Å²) >= 11 is 0. The van der Waals surface area contributed by atoms with Crippen LogP contribution < -0.4 is 10.6 Å². The van der Waals surface area contributed by atoms with Gasteiger partial charge in [0.25, 0.3) is 5.91 Å². The summed E-state index contributed by atoms with van der Waals surface area (Å²) in [5.74, 6) is -6.97. The Morgan fingerprint density at radius 3 is 2.40 bits per heavy atom. The Hall–Kier alpha value is -5.01. The zero-order valence-corrected chi connectivity index (χ0v) is 26.2. The molecule has 0 saturated heterocycles. The smallest absolute Gasteiger partial charge is 0.255 e. The highest BCUT2D eigenvalue weighted by Crippen LogP contribution is 2.54. The number of phenolic OH excluding ortho intramolecular Hbond substituents is 1. The van der Waals surface area contributed by atoms with Crippen molar-refractivity contribution in [1.82, 2.24) is 9.88 Å². The zero-order chi connectivity index (χ0) is 34.1. The van der Waals surface area contributed by atoms with Crippen LogP contribution in [0.2, 0.25) is 0 Å². The molecular weight excluding hydrogens is 611 g/mol. The van der Waals surface area contributed by atoms with Gasteiger partial charge in [-0.15, -0.1) is 0 Å². The fraction of sp³-hybridized carbons (Fsp3) is 0.353. The van der Waals surface area contributed by atoms with E-state index in [1.165, 1.54) is 23.3 Å². The number of benzene rings is 2. The van der Waals surface area contributed by atoms with E-state index in [1.54, 1.807) is 46.4 Å². The third-order valence-electron chi connectivity index (χ3n) is 9.56. The Balaban J connectivity index is 1.41. The number of aryl methyl sites for hydroxylation is 2. The van der Waals surface area contributed by atoms with Crippen molar-refractivity contribution < 1.29 is 43.6 Å². The van der Waals surface area contributed by atoms with Gasteiger partial charge in [-0.3, -0.25) is 19.3 Å². The molecule has 13 heteroatoms. The van der Waals surface area contributed by atoms with Crippen LogP contribution in [-0.4, -0.2) is 87.6 Å². The van der Waals surface area contributed by atoms with Crippen molar-refractivity contribution in [3.05, 3.63) is 81.9 Å². The van der Waals surface area contributed by atoms with E-state index in [0.29, 0.717) is 34.0 Å². The van der Waals surface area contributed by atoms with Gasteiger partial charge in [-0.1, -0.05) is 0 Å². The minimum absolute atomic E-state index is 0.00168. The number of nitrogens with two attached hydrogens (primary N) is 1. The van der Waals surface area contributed by atoms with Gasteiger partial charge in [-0.05, 0) is 80.7 Å². The van der Waals surface area contributed by atoms with Crippen LogP contribution in [0.15, 0.2) is 57.9 Å². The number of halogens is 1. The highest BCUT2D eigenvalue weighted by atomic mass is 19.1. The summed E-state index contributed by atoms with van der Waals surface area (Å²) in [6.45, 7) is 0. The maximum Gasteiger partial charge on any atom is 0.255 e. The number of anilines is 1. The van der Waals surface area contributed by atoms with E-state index < -0.39 is 58.0 Å². The summed E-state index contributed by atoms with van der Waals surface area (Å²) in [6.07, 6.45) is 2.12. The van der Waals surface area contributed by atoms with Crippen molar-refractivity contribution in [1.29, 1.82) is 0 Å². The molecule has 0 radical (unpaired) electrons.